The van der Waals surface area contributed by atoms with Gasteiger partial charge in [0, 0.05) is 11.1 Å². The molecule has 2 nitrogen and oxygen atoms in total. The first-order valence-corrected chi connectivity index (χ1v) is 3.72. The Kier molecular flexibility index (Phi) is 2.38. The molecule has 1 aromatic rings. The monoisotopic (exact) mass is 162 g/mol. The topological polar surface area (TPSA) is 34.1 Å². The fourth-order valence-electron chi connectivity index (χ4n) is 1.14. The van der Waals surface area contributed by atoms with Gasteiger partial charge >= 0.3 is 0 Å². The third-order valence-electron chi connectivity index (χ3n) is 1.82. The van der Waals surface area contributed by atoms with Gasteiger partial charge in [0.1, 0.15) is 0 Å². The van der Waals surface area contributed by atoms with E-state index in [1.165, 1.54) is 6.92 Å². The molecule has 0 spiro atoms. The van der Waals surface area contributed by atoms with Gasteiger partial charge in [-0.15, -0.1) is 0 Å². The number of carbonyl (C=O) groups excluding carboxylic acids is 2. The number of hydrogen-bond donors (Lipinski definition) is 0. The smallest absolute Gasteiger partial charge is 0.160 e. The van der Waals surface area contributed by atoms with E-state index in [0.29, 0.717) is 11.1 Å². The third kappa shape index (κ3) is 1.42. The minimum Gasteiger partial charge on any atom is -0.298 e. The van der Waals surface area contributed by atoms with Crippen molar-refractivity contribution in [2.45, 2.75) is 13.8 Å². The summed E-state index contributed by atoms with van der Waals surface area (Å²) in [6.07, 6.45) is 0.728. The van der Waals surface area contributed by atoms with Crippen LogP contribution in [0.2, 0.25) is 0 Å². The van der Waals surface area contributed by atoms with Gasteiger partial charge in [-0.05, 0) is 19.4 Å². The number of benzene rings is 1. The maximum atomic E-state index is 11.0. The third-order valence-corrected chi connectivity index (χ3v) is 1.82. The average Bonchev–Trinajstić information content (AvgIpc) is 2.03. The van der Waals surface area contributed by atoms with Crippen LogP contribution in [-0.4, -0.2) is 12.1 Å². The lowest BCUT2D eigenvalue weighted by Crippen LogP contribution is -2.00. The molecule has 2 heteroatoms. The molecule has 0 fully saturated rings. The van der Waals surface area contributed by atoms with Crippen molar-refractivity contribution in [3.05, 3.63) is 34.9 Å². The van der Waals surface area contributed by atoms with Crippen molar-refractivity contribution in [2.24, 2.45) is 0 Å². The molecule has 1 rings (SSSR count). The number of ketones is 1. The molecule has 1 aromatic carbocycles. The molecule has 0 saturated carbocycles. The van der Waals surface area contributed by atoms with Crippen LogP contribution in [-0.2, 0) is 0 Å². The normalized spacial score (nSPS) is 9.50. The molecule has 0 radical (unpaired) electrons. The molecule has 0 bridgehead atoms. The summed E-state index contributed by atoms with van der Waals surface area (Å²) in [4.78, 5) is 21.6. The van der Waals surface area contributed by atoms with E-state index in [1.807, 2.05) is 13.0 Å². The highest BCUT2D eigenvalue weighted by atomic mass is 16.1. The summed E-state index contributed by atoms with van der Waals surface area (Å²) in [6.45, 7) is 3.28. The quantitative estimate of drug-likeness (QED) is 0.492. The number of carbonyl (C=O) groups is 2. The van der Waals surface area contributed by atoms with Crippen LogP contribution in [0, 0.1) is 6.92 Å². The van der Waals surface area contributed by atoms with E-state index in [-0.39, 0.29) is 5.78 Å². The second-order valence-corrected chi connectivity index (χ2v) is 2.71. The van der Waals surface area contributed by atoms with E-state index in [1.54, 1.807) is 12.1 Å². The van der Waals surface area contributed by atoms with Crippen molar-refractivity contribution in [3.8, 4) is 0 Å². The molecule has 0 unspecified atom stereocenters. The summed E-state index contributed by atoms with van der Waals surface area (Å²) in [7, 11) is 0. The van der Waals surface area contributed by atoms with Gasteiger partial charge in [0.25, 0.3) is 0 Å². The number of hydrogen-bond acceptors (Lipinski definition) is 2. The molecule has 12 heavy (non-hydrogen) atoms. The molecule has 0 heterocycles. The van der Waals surface area contributed by atoms with Gasteiger partial charge in [-0.25, -0.2) is 0 Å². The lowest BCUT2D eigenvalue weighted by molar-refractivity contribution is 0.100. The van der Waals surface area contributed by atoms with Crippen LogP contribution in [0.25, 0.3) is 0 Å². The Labute approximate surface area is 71.2 Å². The van der Waals surface area contributed by atoms with Crippen LogP contribution in [0.1, 0.15) is 33.2 Å². The predicted octanol–water partition coefficient (Wildman–Crippen LogP) is 2.01. The summed E-state index contributed by atoms with van der Waals surface area (Å²) < 4.78 is 0. The van der Waals surface area contributed by atoms with E-state index in [0.717, 1.165) is 11.8 Å². The highest BCUT2D eigenvalue weighted by Crippen LogP contribution is 2.11. The lowest BCUT2D eigenvalue weighted by atomic mass is 10.0. The van der Waals surface area contributed by atoms with Gasteiger partial charge in [-0.1, -0.05) is 18.2 Å². The fraction of sp³-hybridized carbons (Fsp3) is 0.200. The molecule has 0 amide bonds. The Morgan fingerprint density at radius 1 is 1.42 bits per heavy atom. The molecular formula is C10H10O2. The summed E-state index contributed by atoms with van der Waals surface area (Å²) in [6, 6.07) is 5.26. The summed E-state index contributed by atoms with van der Waals surface area (Å²) >= 11 is 0. The molecule has 62 valence electrons. The summed E-state index contributed by atoms with van der Waals surface area (Å²) in [5, 5.41) is 0. The molecule has 0 N–H and O–H groups in total. The standard InChI is InChI=1S/C10H10O2/c1-7-4-3-5-9(8(2)12)10(7)6-11/h3-6H,1-2H3. The summed E-state index contributed by atoms with van der Waals surface area (Å²) in [5.41, 5.74) is 1.85. The van der Waals surface area contributed by atoms with Crippen LogP contribution in [0.15, 0.2) is 18.2 Å². The van der Waals surface area contributed by atoms with E-state index >= 15 is 0 Å². The SMILES string of the molecule is CC(=O)c1cccc(C)c1C=O. The number of aryl methyl sites for hydroxylation is 1. The van der Waals surface area contributed by atoms with Crippen molar-refractivity contribution in [1.82, 2.24) is 0 Å². The van der Waals surface area contributed by atoms with Gasteiger partial charge in [0.15, 0.2) is 12.1 Å². The summed E-state index contributed by atoms with van der Waals surface area (Å²) in [5.74, 6) is -0.0687. The first kappa shape index (κ1) is 8.65. The molecular weight excluding hydrogens is 152 g/mol. The number of Topliss-reactive ketones (excluding diaryl/α,β-unsaturated/α-hetero) is 1. The largest absolute Gasteiger partial charge is 0.298 e. The predicted molar refractivity (Wildman–Crippen MR) is 46.6 cm³/mol. The Bertz CT molecular complexity index is 327. The fourth-order valence-corrected chi connectivity index (χ4v) is 1.14. The molecule has 0 aliphatic heterocycles. The van der Waals surface area contributed by atoms with E-state index in [2.05, 4.69) is 0 Å². The van der Waals surface area contributed by atoms with E-state index in [4.69, 9.17) is 0 Å². The van der Waals surface area contributed by atoms with Crippen molar-refractivity contribution < 1.29 is 9.59 Å². The zero-order chi connectivity index (χ0) is 9.14. The minimum absolute atomic E-state index is 0.0687. The minimum atomic E-state index is -0.0687. The van der Waals surface area contributed by atoms with Gasteiger partial charge in [0.2, 0.25) is 0 Å². The zero-order valence-electron chi connectivity index (χ0n) is 7.13. The van der Waals surface area contributed by atoms with E-state index in [9.17, 15) is 9.59 Å². The van der Waals surface area contributed by atoms with Crippen molar-refractivity contribution in [2.75, 3.05) is 0 Å². The molecule has 0 aromatic heterocycles. The zero-order valence-corrected chi connectivity index (χ0v) is 7.13. The van der Waals surface area contributed by atoms with Crippen LogP contribution < -0.4 is 0 Å². The van der Waals surface area contributed by atoms with Gasteiger partial charge in [-0.3, -0.25) is 9.59 Å². The van der Waals surface area contributed by atoms with Gasteiger partial charge < -0.3 is 0 Å². The molecule has 0 aliphatic rings. The molecule has 0 atom stereocenters. The van der Waals surface area contributed by atoms with Gasteiger partial charge in [-0.2, -0.15) is 0 Å². The van der Waals surface area contributed by atoms with Crippen LogP contribution >= 0.6 is 0 Å². The Morgan fingerprint density at radius 3 is 2.50 bits per heavy atom. The molecule has 0 saturated heterocycles. The second kappa shape index (κ2) is 3.30. The Morgan fingerprint density at radius 2 is 2.08 bits per heavy atom. The van der Waals surface area contributed by atoms with Crippen molar-refractivity contribution in [3.63, 3.8) is 0 Å². The highest BCUT2D eigenvalue weighted by molar-refractivity contribution is 6.02. The molecule has 0 aliphatic carbocycles. The highest BCUT2D eigenvalue weighted by Gasteiger charge is 2.07. The van der Waals surface area contributed by atoms with E-state index < -0.39 is 0 Å². The van der Waals surface area contributed by atoms with Crippen LogP contribution in [0.4, 0.5) is 0 Å². The number of rotatable bonds is 2. The maximum Gasteiger partial charge on any atom is 0.160 e. The maximum absolute atomic E-state index is 11.0. The van der Waals surface area contributed by atoms with Crippen molar-refractivity contribution in [1.29, 1.82) is 0 Å². The Balaban J connectivity index is 3.37. The number of aldehydes is 1. The van der Waals surface area contributed by atoms with Gasteiger partial charge in [0.05, 0.1) is 0 Å². The van der Waals surface area contributed by atoms with Crippen molar-refractivity contribution >= 4 is 12.1 Å². The first-order chi connectivity index (χ1) is 5.66. The Hall–Kier alpha value is -1.44. The van der Waals surface area contributed by atoms with Crippen LogP contribution in [0.3, 0.4) is 0 Å². The van der Waals surface area contributed by atoms with Crippen LogP contribution in [0.5, 0.6) is 0 Å². The lowest BCUT2D eigenvalue weighted by Gasteiger charge is -2.02. The second-order valence-electron chi connectivity index (χ2n) is 2.71. The average molecular weight is 162 g/mol. The first-order valence-electron chi connectivity index (χ1n) is 3.72.